The Kier molecular flexibility index (Phi) is 6.02. The summed E-state index contributed by atoms with van der Waals surface area (Å²) in [5.41, 5.74) is 3.53. The van der Waals surface area contributed by atoms with Gasteiger partial charge in [-0.2, -0.15) is 0 Å². The summed E-state index contributed by atoms with van der Waals surface area (Å²) in [6.45, 7) is 0. The molecule has 2 aromatic carbocycles. The minimum absolute atomic E-state index is 0.0212. The molecule has 1 amide bonds. The summed E-state index contributed by atoms with van der Waals surface area (Å²) in [5, 5.41) is 2.51. The number of imidazole rings is 1. The average molecular weight is 464 g/mol. The van der Waals surface area contributed by atoms with E-state index in [0.717, 1.165) is 42.5 Å². The number of carbonyl (C=O) groups is 2. The molecular formula is C27H27F2N3O2. The molecule has 176 valence electrons. The molecule has 1 saturated carbocycles. The topological polar surface area (TPSA) is 64.0 Å². The van der Waals surface area contributed by atoms with Gasteiger partial charge >= 0.3 is 0 Å². The molecule has 1 atom stereocenters. The van der Waals surface area contributed by atoms with Gasteiger partial charge in [-0.25, -0.2) is 13.8 Å². The SMILES string of the molecule is CNC(=O)Cc1ccc(C2CCC(C(=O)CC3c4c(F)cccc4-c4cncn43)CC2)cc1F. The summed E-state index contributed by atoms with van der Waals surface area (Å²) >= 11 is 0. The normalized spacial score (nSPS) is 21.1. The molecule has 34 heavy (non-hydrogen) atoms. The first kappa shape index (κ1) is 22.4. The van der Waals surface area contributed by atoms with Crippen LogP contribution in [-0.2, 0) is 16.0 Å². The Morgan fingerprint density at radius 1 is 1.09 bits per heavy atom. The molecule has 1 aliphatic carbocycles. The standard InChI is InChI=1S/C27H27F2N3O2/c1-30-26(34)12-19-10-9-18(11-22(19)29)16-5-7-17(8-6-16)25(33)13-23-27-20(3-2-4-21(27)28)24-14-31-15-32(23)24/h2-4,9-11,14-17,23H,5-8,12-13H2,1H3,(H,30,34). The van der Waals surface area contributed by atoms with Gasteiger partial charge in [-0.15, -0.1) is 0 Å². The zero-order chi connectivity index (χ0) is 23.8. The van der Waals surface area contributed by atoms with Gasteiger partial charge in [-0.1, -0.05) is 24.3 Å². The van der Waals surface area contributed by atoms with E-state index in [0.29, 0.717) is 11.1 Å². The zero-order valence-electron chi connectivity index (χ0n) is 19.1. The lowest BCUT2D eigenvalue weighted by Gasteiger charge is -2.29. The van der Waals surface area contributed by atoms with Gasteiger partial charge in [-0.05, 0) is 54.9 Å². The Balaban J connectivity index is 1.24. The Morgan fingerprint density at radius 2 is 1.88 bits per heavy atom. The van der Waals surface area contributed by atoms with E-state index in [1.54, 1.807) is 24.7 Å². The van der Waals surface area contributed by atoms with E-state index in [1.165, 1.54) is 19.2 Å². The number of aromatic nitrogens is 2. The molecule has 0 saturated heterocycles. The monoisotopic (exact) mass is 463 g/mol. The van der Waals surface area contributed by atoms with Crippen LogP contribution in [0.25, 0.3) is 11.3 Å². The fourth-order valence-corrected chi connectivity index (χ4v) is 5.53. The molecule has 5 nitrogen and oxygen atoms in total. The minimum Gasteiger partial charge on any atom is -0.359 e. The van der Waals surface area contributed by atoms with Gasteiger partial charge in [-0.3, -0.25) is 9.59 Å². The third-order valence-corrected chi connectivity index (χ3v) is 7.42. The molecule has 0 bridgehead atoms. The van der Waals surface area contributed by atoms with Crippen LogP contribution in [0.4, 0.5) is 8.78 Å². The highest BCUT2D eigenvalue weighted by Gasteiger charge is 2.35. The smallest absolute Gasteiger partial charge is 0.224 e. The highest BCUT2D eigenvalue weighted by atomic mass is 19.1. The van der Waals surface area contributed by atoms with E-state index in [2.05, 4.69) is 10.3 Å². The summed E-state index contributed by atoms with van der Waals surface area (Å²) in [6.07, 6.45) is 6.73. The van der Waals surface area contributed by atoms with E-state index in [4.69, 9.17) is 0 Å². The lowest BCUT2D eigenvalue weighted by atomic mass is 9.76. The van der Waals surface area contributed by atoms with Crippen LogP contribution in [0.1, 0.15) is 60.8 Å². The predicted octanol–water partition coefficient (Wildman–Crippen LogP) is 4.95. The number of hydrogen-bond acceptors (Lipinski definition) is 3. The number of carbonyl (C=O) groups excluding carboxylic acids is 2. The van der Waals surface area contributed by atoms with E-state index in [-0.39, 0.29) is 54.0 Å². The molecule has 3 aromatic rings. The first-order valence-electron chi connectivity index (χ1n) is 11.8. The van der Waals surface area contributed by atoms with Gasteiger partial charge in [0.15, 0.2) is 0 Å². The fraction of sp³-hybridized carbons (Fsp3) is 0.370. The van der Waals surface area contributed by atoms with Gasteiger partial charge < -0.3 is 9.88 Å². The van der Waals surface area contributed by atoms with E-state index in [1.807, 2.05) is 16.7 Å². The second-order valence-electron chi connectivity index (χ2n) is 9.32. The van der Waals surface area contributed by atoms with Crippen LogP contribution in [0.15, 0.2) is 48.9 Å². The van der Waals surface area contributed by atoms with E-state index < -0.39 is 0 Å². The van der Waals surface area contributed by atoms with Crippen LogP contribution < -0.4 is 5.32 Å². The number of nitrogens with zero attached hydrogens (tertiary/aromatic N) is 2. The van der Waals surface area contributed by atoms with Crippen LogP contribution in [0.2, 0.25) is 0 Å². The number of Topliss-reactive ketones (excluding diaryl/α,β-unsaturated/α-hetero) is 1. The molecular weight excluding hydrogens is 436 g/mol. The van der Waals surface area contributed by atoms with Gasteiger partial charge in [0.25, 0.3) is 0 Å². The van der Waals surface area contributed by atoms with Crippen molar-refractivity contribution in [1.29, 1.82) is 0 Å². The molecule has 2 aliphatic rings. The molecule has 0 spiro atoms. The molecule has 1 aromatic heterocycles. The summed E-state index contributed by atoms with van der Waals surface area (Å²) in [7, 11) is 1.53. The highest BCUT2D eigenvalue weighted by Crippen LogP contribution is 2.44. The van der Waals surface area contributed by atoms with Crippen molar-refractivity contribution in [2.75, 3.05) is 7.05 Å². The average Bonchev–Trinajstić information content (AvgIpc) is 3.43. The van der Waals surface area contributed by atoms with Crippen LogP contribution in [0, 0.1) is 17.6 Å². The second-order valence-corrected chi connectivity index (χ2v) is 9.32. The summed E-state index contributed by atoms with van der Waals surface area (Å²) < 4.78 is 31.1. The van der Waals surface area contributed by atoms with Crippen LogP contribution in [0.3, 0.4) is 0 Å². The van der Waals surface area contributed by atoms with Crippen molar-refractivity contribution < 1.29 is 18.4 Å². The number of fused-ring (bicyclic) bond motifs is 3. The summed E-state index contributed by atoms with van der Waals surface area (Å²) in [6, 6.07) is 9.76. The second kappa shape index (κ2) is 9.12. The lowest BCUT2D eigenvalue weighted by molar-refractivity contribution is -0.124. The number of hydrogen-bond donors (Lipinski definition) is 1. The van der Waals surface area contributed by atoms with Crippen molar-refractivity contribution >= 4 is 11.7 Å². The van der Waals surface area contributed by atoms with Crippen molar-refractivity contribution in [3.63, 3.8) is 0 Å². The molecule has 1 N–H and O–H groups in total. The molecule has 1 unspecified atom stereocenters. The molecule has 1 aliphatic heterocycles. The van der Waals surface area contributed by atoms with Gasteiger partial charge in [0, 0.05) is 30.5 Å². The third-order valence-electron chi connectivity index (χ3n) is 7.42. The third kappa shape index (κ3) is 4.04. The first-order chi connectivity index (χ1) is 16.5. The Morgan fingerprint density at radius 3 is 2.62 bits per heavy atom. The van der Waals surface area contributed by atoms with Gasteiger partial charge in [0.05, 0.1) is 30.7 Å². The van der Waals surface area contributed by atoms with Gasteiger partial charge in [0.1, 0.15) is 17.4 Å². The number of halogens is 2. The summed E-state index contributed by atoms with van der Waals surface area (Å²) in [5.74, 6) is -0.611. The maximum Gasteiger partial charge on any atom is 0.224 e. The highest BCUT2D eigenvalue weighted by molar-refractivity contribution is 5.83. The maximum absolute atomic E-state index is 14.7. The van der Waals surface area contributed by atoms with E-state index in [9.17, 15) is 18.4 Å². The predicted molar refractivity (Wildman–Crippen MR) is 124 cm³/mol. The van der Waals surface area contributed by atoms with Crippen molar-refractivity contribution in [1.82, 2.24) is 14.9 Å². The molecule has 5 rings (SSSR count). The number of rotatable bonds is 6. The van der Waals surface area contributed by atoms with Gasteiger partial charge in [0.2, 0.25) is 5.91 Å². The Hall–Kier alpha value is -3.35. The minimum atomic E-state index is -0.364. The van der Waals surface area contributed by atoms with Crippen molar-refractivity contribution in [2.45, 2.75) is 50.5 Å². The van der Waals surface area contributed by atoms with Crippen molar-refractivity contribution in [3.05, 3.63) is 77.2 Å². The number of nitrogens with one attached hydrogen (secondary N) is 1. The molecule has 7 heteroatoms. The largest absolute Gasteiger partial charge is 0.359 e. The number of amides is 1. The van der Waals surface area contributed by atoms with E-state index >= 15 is 0 Å². The summed E-state index contributed by atoms with van der Waals surface area (Å²) in [4.78, 5) is 29.0. The molecule has 0 radical (unpaired) electrons. The van der Waals surface area contributed by atoms with Crippen molar-refractivity contribution in [2.24, 2.45) is 5.92 Å². The number of ketones is 1. The molecule has 2 heterocycles. The quantitative estimate of drug-likeness (QED) is 0.563. The van der Waals surface area contributed by atoms with Crippen LogP contribution in [0.5, 0.6) is 0 Å². The number of likely N-dealkylation sites (N-methyl/N-ethyl adjacent to an activating group) is 1. The Bertz CT molecular complexity index is 1240. The zero-order valence-corrected chi connectivity index (χ0v) is 19.1. The fourth-order valence-electron chi connectivity index (χ4n) is 5.53. The Labute approximate surface area is 197 Å². The molecule has 1 fully saturated rings. The lowest BCUT2D eigenvalue weighted by Crippen LogP contribution is -2.24. The first-order valence-corrected chi connectivity index (χ1v) is 11.8. The van der Waals surface area contributed by atoms with Crippen LogP contribution in [-0.4, -0.2) is 28.3 Å². The maximum atomic E-state index is 14.7. The van der Waals surface area contributed by atoms with Crippen molar-refractivity contribution in [3.8, 4) is 11.3 Å². The van der Waals surface area contributed by atoms with Crippen LogP contribution >= 0.6 is 0 Å². The number of benzene rings is 2.